The van der Waals surface area contributed by atoms with Crippen LogP contribution in [0.15, 0.2) is 0 Å². The molecule has 0 aromatic carbocycles. The third kappa shape index (κ3) is 5.51. The van der Waals surface area contributed by atoms with Crippen molar-refractivity contribution in [3.63, 3.8) is 0 Å². The van der Waals surface area contributed by atoms with Gasteiger partial charge in [0.1, 0.15) is 0 Å². The Kier molecular flexibility index (Phi) is 5.86. The van der Waals surface area contributed by atoms with Gasteiger partial charge >= 0.3 is 0 Å². The van der Waals surface area contributed by atoms with Crippen molar-refractivity contribution in [2.24, 2.45) is 0 Å². The SMILES string of the molecule is CCCN(Cn1nc(NC(C)(C)C)sc1=S)C1CCS(=O)(=O)C1. The highest BCUT2D eigenvalue weighted by molar-refractivity contribution is 7.91. The molecular weight excluding hydrogens is 352 g/mol. The number of aromatic nitrogens is 2. The Morgan fingerprint density at radius 1 is 1.48 bits per heavy atom. The third-order valence-corrected chi connectivity index (χ3v) is 6.61. The fourth-order valence-electron chi connectivity index (χ4n) is 2.66. The largest absolute Gasteiger partial charge is 0.356 e. The molecule has 0 bridgehead atoms. The van der Waals surface area contributed by atoms with E-state index in [0.717, 1.165) is 18.1 Å². The lowest BCUT2D eigenvalue weighted by atomic mass is 10.1. The molecule has 0 aliphatic carbocycles. The highest BCUT2D eigenvalue weighted by Gasteiger charge is 2.32. The van der Waals surface area contributed by atoms with Gasteiger partial charge in [0, 0.05) is 11.6 Å². The summed E-state index contributed by atoms with van der Waals surface area (Å²) >= 11 is 6.87. The smallest absolute Gasteiger partial charge is 0.205 e. The molecule has 23 heavy (non-hydrogen) atoms. The van der Waals surface area contributed by atoms with Crippen molar-refractivity contribution in [2.45, 2.75) is 58.8 Å². The van der Waals surface area contributed by atoms with Crippen molar-refractivity contribution in [1.29, 1.82) is 0 Å². The molecule has 1 aromatic heterocycles. The molecular formula is C14H26N4O2S3. The van der Waals surface area contributed by atoms with Gasteiger partial charge in [-0.1, -0.05) is 18.3 Å². The maximum atomic E-state index is 11.8. The summed E-state index contributed by atoms with van der Waals surface area (Å²) in [7, 11) is -2.89. The second kappa shape index (κ2) is 7.16. The Morgan fingerprint density at radius 2 is 2.17 bits per heavy atom. The number of nitrogens with zero attached hydrogens (tertiary/aromatic N) is 3. The molecule has 1 atom stereocenters. The van der Waals surface area contributed by atoms with Crippen LogP contribution >= 0.6 is 23.6 Å². The molecule has 1 N–H and O–H groups in total. The zero-order chi connectivity index (χ0) is 17.3. The van der Waals surface area contributed by atoms with Gasteiger partial charge in [0.15, 0.2) is 13.8 Å². The summed E-state index contributed by atoms with van der Waals surface area (Å²) < 4.78 is 26.0. The second-order valence-electron chi connectivity index (χ2n) is 7.06. The van der Waals surface area contributed by atoms with E-state index < -0.39 is 9.84 Å². The Hall–Kier alpha value is -0.510. The van der Waals surface area contributed by atoms with Gasteiger partial charge in [0.2, 0.25) is 5.13 Å². The van der Waals surface area contributed by atoms with Crippen LogP contribution in [0.5, 0.6) is 0 Å². The number of anilines is 1. The standard InChI is InChI=1S/C14H26N4O2S3/c1-5-7-17(11-6-8-23(19,20)9-11)10-18-13(21)22-12(16-18)15-14(2,3)4/h11H,5-10H2,1-4H3,(H,15,16). The average molecular weight is 379 g/mol. The van der Waals surface area contributed by atoms with Gasteiger partial charge in [0.25, 0.3) is 0 Å². The summed E-state index contributed by atoms with van der Waals surface area (Å²) in [5, 5.41) is 8.69. The molecule has 2 rings (SSSR count). The van der Waals surface area contributed by atoms with Crippen LogP contribution in [-0.2, 0) is 16.5 Å². The molecule has 0 saturated carbocycles. The Labute approximate surface area is 147 Å². The average Bonchev–Trinajstić information content (AvgIpc) is 2.90. The van der Waals surface area contributed by atoms with Gasteiger partial charge in [-0.25, -0.2) is 13.1 Å². The fourth-order valence-corrected chi connectivity index (χ4v) is 5.62. The van der Waals surface area contributed by atoms with Crippen LogP contribution in [0.2, 0.25) is 0 Å². The van der Waals surface area contributed by atoms with Crippen molar-refractivity contribution < 1.29 is 8.42 Å². The van der Waals surface area contributed by atoms with Crippen molar-refractivity contribution in [1.82, 2.24) is 14.7 Å². The first-order chi connectivity index (χ1) is 10.6. The minimum atomic E-state index is -2.89. The van der Waals surface area contributed by atoms with E-state index in [2.05, 4.69) is 43.0 Å². The van der Waals surface area contributed by atoms with E-state index >= 15 is 0 Å². The Bertz CT molecular complexity index is 688. The van der Waals surface area contributed by atoms with E-state index in [1.807, 2.05) is 0 Å². The van der Waals surface area contributed by atoms with Crippen molar-refractivity contribution in [2.75, 3.05) is 23.4 Å². The molecule has 1 aromatic rings. The van der Waals surface area contributed by atoms with Gasteiger partial charge in [-0.2, -0.15) is 0 Å². The van der Waals surface area contributed by atoms with Crippen LogP contribution in [0.1, 0.15) is 40.5 Å². The minimum absolute atomic E-state index is 0.0694. The number of hydrogen-bond donors (Lipinski definition) is 1. The molecule has 2 heterocycles. The summed E-state index contributed by atoms with van der Waals surface area (Å²) in [6.45, 7) is 9.73. The summed E-state index contributed by atoms with van der Waals surface area (Å²) in [6, 6.07) is 0.0718. The minimum Gasteiger partial charge on any atom is -0.356 e. The van der Waals surface area contributed by atoms with Crippen LogP contribution in [0.25, 0.3) is 0 Å². The van der Waals surface area contributed by atoms with E-state index in [1.165, 1.54) is 11.3 Å². The van der Waals surface area contributed by atoms with E-state index in [1.54, 1.807) is 4.68 Å². The highest BCUT2D eigenvalue weighted by Crippen LogP contribution is 2.22. The van der Waals surface area contributed by atoms with Crippen LogP contribution < -0.4 is 5.32 Å². The number of hydrogen-bond acceptors (Lipinski definition) is 7. The van der Waals surface area contributed by atoms with E-state index in [-0.39, 0.29) is 23.1 Å². The molecule has 1 aliphatic heterocycles. The lowest BCUT2D eigenvalue weighted by molar-refractivity contribution is 0.156. The number of sulfone groups is 1. The normalized spacial score (nSPS) is 21.0. The predicted molar refractivity (Wildman–Crippen MR) is 98.4 cm³/mol. The van der Waals surface area contributed by atoms with Crippen molar-refractivity contribution in [3.05, 3.63) is 3.95 Å². The number of rotatable bonds is 6. The van der Waals surface area contributed by atoms with E-state index in [4.69, 9.17) is 12.2 Å². The fraction of sp³-hybridized carbons (Fsp3) is 0.857. The molecule has 132 valence electrons. The van der Waals surface area contributed by atoms with E-state index in [9.17, 15) is 8.42 Å². The monoisotopic (exact) mass is 378 g/mol. The molecule has 0 spiro atoms. The molecule has 1 fully saturated rings. The first-order valence-corrected chi connectivity index (χ1v) is 10.9. The van der Waals surface area contributed by atoms with Gasteiger partial charge < -0.3 is 5.32 Å². The summed E-state index contributed by atoms with van der Waals surface area (Å²) in [4.78, 5) is 2.20. The predicted octanol–water partition coefficient (Wildman–Crippen LogP) is 2.74. The van der Waals surface area contributed by atoms with Crippen molar-refractivity contribution in [3.8, 4) is 0 Å². The maximum absolute atomic E-state index is 11.8. The summed E-state index contributed by atoms with van der Waals surface area (Å²) in [6.07, 6.45) is 1.67. The topological polar surface area (TPSA) is 67.2 Å². The lowest BCUT2D eigenvalue weighted by Gasteiger charge is -2.27. The Morgan fingerprint density at radius 3 is 2.70 bits per heavy atom. The van der Waals surface area contributed by atoms with Gasteiger partial charge in [-0.05, 0) is 52.4 Å². The molecule has 9 heteroatoms. The van der Waals surface area contributed by atoms with Crippen LogP contribution in [0.3, 0.4) is 0 Å². The van der Waals surface area contributed by atoms with Gasteiger partial charge in [-0.3, -0.25) is 4.90 Å². The first-order valence-electron chi connectivity index (χ1n) is 7.90. The Balaban J connectivity index is 2.13. The quantitative estimate of drug-likeness (QED) is 0.768. The van der Waals surface area contributed by atoms with Gasteiger partial charge in [-0.15, -0.1) is 5.10 Å². The molecule has 1 unspecified atom stereocenters. The third-order valence-electron chi connectivity index (χ3n) is 3.64. The van der Waals surface area contributed by atoms with Crippen LogP contribution in [0.4, 0.5) is 5.13 Å². The summed E-state index contributed by atoms with van der Waals surface area (Å²) in [5.74, 6) is 0.536. The lowest BCUT2D eigenvalue weighted by Crippen LogP contribution is -2.38. The maximum Gasteiger partial charge on any atom is 0.205 e. The van der Waals surface area contributed by atoms with Crippen LogP contribution in [0, 0.1) is 3.95 Å². The highest BCUT2D eigenvalue weighted by atomic mass is 32.2. The van der Waals surface area contributed by atoms with Gasteiger partial charge in [0.05, 0.1) is 18.2 Å². The van der Waals surface area contributed by atoms with Crippen molar-refractivity contribution >= 4 is 38.5 Å². The summed E-state index contributed by atoms with van der Waals surface area (Å²) in [5.41, 5.74) is -0.0694. The molecule has 0 radical (unpaired) electrons. The molecule has 1 aliphatic rings. The first kappa shape index (κ1) is 18.8. The molecule has 6 nitrogen and oxygen atoms in total. The zero-order valence-electron chi connectivity index (χ0n) is 14.2. The number of nitrogens with one attached hydrogen (secondary N) is 1. The molecule has 1 saturated heterocycles. The molecule has 0 amide bonds. The second-order valence-corrected chi connectivity index (χ2v) is 10.9. The van der Waals surface area contributed by atoms with E-state index in [0.29, 0.717) is 17.0 Å². The van der Waals surface area contributed by atoms with Crippen LogP contribution in [-0.4, -0.2) is 52.7 Å². The zero-order valence-corrected chi connectivity index (χ0v) is 16.7.